The van der Waals surface area contributed by atoms with Gasteiger partial charge in [0.25, 0.3) is 0 Å². The van der Waals surface area contributed by atoms with Crippen molar-refractivity contribution >= 4 is 5.84 Å². The van der Waals surface area contributed by atoms with Gasteiger partial charge in [-0.25, -0.2) is 4.68 Å². The third kappa shape index (κ3) is 2.89. The summed E-state index contributed by atoms with van der Waals surface area (Å²) in [6, 6.07) is 16.8. The summed E-state index contributed by atoms with van der Waals surface area (Å²) in [5.41, 5.74) is 6.95. The number of aromatic nitrogens is 3. The molecule has 0 radical (unpaired) electrons. The molecule has 1 aromatic heterocycles. The number of amidine groups is 1. The number of nitrogens with one attached hydrogen (secondary N) is 1. The van der Waals surface area contributed by atoms with Crippen LogP contribution in [0.15, 0.2) is 60.9 Å². The average molecular weight is 279 g/mol. The van der Waals surface area contributed by atoms with Crippen LogP contribution >= 0.6 is 0 Å². The number of nitrogens with two attached hydrogens (primary N) is 1. The van der Waals surface area contributed by atoms with Crippen molar-refractivity contribution in [2.75, 3.05) is 0 Å². The van der Waals surface area contributed by atoms with Gasteiger partial charge in [0.2, 0.25) is 0 Å². The van der Waals surface area contributed by atoms with Crippen LogP contribution in [0.4, 0.5) is 0 Å². The maximum atomic E-state index is 7.33. The maximum Gasteiger partial charge on any atom is 0.341 e. The molecule has 0 atom stereocenters. The van der Waals surface area contributed by atoms with Gasteiger partial charge in [-0.15, -0.1) is 5.10 Å². The topological polar surface area (TPSA) is 89.8 Å². The predicted molar refractivity (Wildman–Crippen MR) is 78.9 cm³/mol. The molecule has 2 aromatic carbocycles. The number of nitrogen functional groups attached to an aromatic ring is 1. The van der Waals surface area contributed by atoms with Gasteiger partial charge in [0, 0.05) is 5.56 Å². The zero-order valence-electron chi connectivity index (χ0n) is 11.1. The standard InChI is InChI=1S/C15H13N5O/c16-14(17)11-6-8-13(9-7-11)21-15-18-10-20(19-15)12-4-2-1-3-5-12/h1-10H,(H3,16,17). The summed E-state index contributed by atoms with van der Waals surface area (Å²) in [6.45, 7) is 0. The van der Waals surface area contributed by atoms with Crippen molar-refractivity contribution in [2.24, 2.45) is 5.73 Å². The van der Waals surface area contributed by atoms with E-state index in [-0.39, 0.29) is 11.8 Å². The maximum absolute atomic E-state index is 7.33. The first-order valence-electron chi connectivity index (χ1n) is 6.32. The Bertz CT molecular complexity index is 749. The van der Waals surface area contributed by atoms with Crippen molar-refractivity contribution in [3.05, 3.63) is 66.5 Å². The molecular weight excluding hydrogens is 266 g/mol. The van der Waals surface area contributed by atoms with Crippen molar-refractivity contribution < 1.29 is 4.74 Å². The van der Waals surface area contributed by atoms with Crippen molar-refractivity contribution in [1.29, 1.82) is 5.41 Å². The molecule has 6 nitrogen and oxygen atoms in total. The zero-order valence-corrected chi connectivity index (χ0v) is 11.1. The Morgan fingerprint density at radius 2 is 1.76 bits per heavy atom. The van der Waals surface area contributed by atoms with Crippen molar-refractivity contribution in [2.45, 2.75) is 0 Å². The van der Waals surface area contributed by atoms with Crippen LogP contribution in [0.2, 0.25) is 0 Å². The Hall–Kier alpha value is -3.15. The summed E-state index contributed by atoms with van der Waals surface area (Å²) in [6.07, 6.45) is 1.59. The van der Waals surface area contributed by atoms with Crippen LogP contribution in [0, 0.1) is 5.41 Å². The predicted octanol–water partition coefficient (Wildman–Crippen LogP) is 2.34. The van der Waals surface area contributed by atoms with E-state index in [2.05, 4.69) is 10.1 Å². The lowest BCUT2D eigenvalue weighted by molar-refractivity contribution is 0.441. The van der Waals surface area contributed by atoms with E-state index in [0.29, 0.717) is 11.3 Å². The van der Waals surface area contributed by atoms with Gasteiger partial charge in [-0.3, -0.25) is 5.41 Å². The molecule has 0 fully saturated rings. The molecule has 0 saturated carbocycles. The molecule has 3 N–H and O–H groups in total. The minimum absolute atomic E-state index is 0.0213. The second-order valence-electron chi connectivity index (χ2n) is 4.35. The summed E-state index contributed by atoms with van der Waals surface area (Å²) in [5.74, 6) is 0.610. The molecule has 3 aromatic rings. The minimum atomic E-state index is 0.0213. The number of benzene rings is 2. The Morgan fingerprint density at radius 3 is 2.43 bits per heavy atom. The highest BCUT2D eigenvalue weighted by Gasteiger charge is 2.05. The van der Waals surface area contributed by atoms with Crippen LogP contribution in [-0.2, 0) is 0 Å². The first-order valence-corrected chi connectivity index (χ1v) is 6.32. The lowest BCUT2D eigenvalue weighted by atomic mass is 10.2. The van der Waals surface area contributed by atoms with Crippen LogP contribution in [0.25, 0.3) is 5.69 Å². The number of hydrogen-bond acceptors (Lipinski definition) is 4. The Kier molecular flexibility index (Phi) is 3.34. The number of ether oxygens (including phenoxy) is 1. The molecule has 0 aliphatic heterocycles. The molecule has 0 unspecified atom stereocenters. The summed E-state index contributed by atoms with van der Waals surface area (Å²) in [5, 5.41) is 11.6. The molecule has 1 heterocycles. The highest BCUT2D eigenvalue weighted by molar-refractivity contribution is 5.94. The summed E-state index contributed by atoms with van der Waals surface area (Å²) < 4.78 is 7.20. The van der Waals surface area contributed by atoms with E-state index in [1.807, 2.05) is 30.3 Å². The van der Waals surface area contributed by atoms with Crippen LogP contribution in [0.3, 0.4) is 0 Å². The molecule has 0 aliphatic rings. The summed E-state index contributed by atoms with van der Waals surface area (Å²) >= 11 is 0. The van der Waals surface area contributed by atoms with Gasteiger partial charge in [-0.05, 0) is 36.4 Å². The highest BCUT2D eigenvalue weighted by Crippen LogP contribution is 2.18. The Balaban J connectivity index is 1.77. The van der Waals surface area contributed by atoms with Crippen molar-refractivity contribution in [3.63, 3.8) is 0 Å². The van der Waals surface area contributed by atoms with Gasteiger partial charge in [0.1, 0.15) is 17.9 Å². The molecule has 104 valence electrons. The smallest absolute Gasteiger partial charge is 0.341 e. The zero-order chi connectivity index (χ0) is 14.7. The first kappa shape index (κ1) is 12.9. The van der Waals surface area contributed by atoms with Gasteiger partial charge in [-0.2, -0.15) is 4.98 Å². The van der Waals surface area contributed by atoms with Gasteiger partial charge < -0.3 is 10.5 Å². The number of rotatable bonds is 4. The summed E-state index contributed by atoms with van der Waals surface area (Å²) in [4.78, 5) is 4.11. The Labute approximate surface area is 121 Å². The lowest BCUT2D eigenvalue weighted by Gasteiger charge is -2.02. The SMILES string of the molecule is N=C(N)c1ccc(Oc2ncn(-c3ccccc3)n2)cc1. The second-order valence-corrected chi connectivity index (χ2v) is 4.35. The quantitative estimate of drug-likeness (QED) is 0.566. The number of para-hydroxylation sites is 1. The number of hydrogen-bond donors (Lipinski definition) is 2. The fourth-order valence-electron chi connectivity index (χ4n) is 1.81. The number of nitrogens with zero attached hydrogens (tertiary/aromatic N) is 3. The molecule has 21 heavy (non-hydrogen) atoms. The fraction of sp³-hybridized carbons (Fsp3) is 0. The lowest BCUT2D eigenvalue weighted by Crippen LogP contribution is -2.10. The van der Waals surface area contributed by atoms with Crippen LogP contribution in [-0.4, -0.2) is 20.6 Å². The normalized spacial score (nSPS) is 10.3. The molecule has 6 heteroatoms. The summed E-state index contributed by atoms with van der Waals surface area (Å²) in [7, 11) is 0. The van der Waals surface area contributed by atoms with E-state index >= 15 is 0 Å². The first-order chi connectivity index (χ1) is 10.2. The fourth-order valence-corrected chi connectivity index (χ4v) is 1.81. The molecule has 0 bridgehead atoms. The molecular formula is C15H13N5O. The average Bonchev–Trinajstić information content (AvgIpc) is 2.97. The van der Waals surface area contributed by atoms with Gasteiger partial charge in [0.05, 0.1) is 5.69 Å². The highest BCUT2D eigenvalue weighted by atomic mass is 16.5. The molecule has 0 amide bonds. The molecule has 0 aliphatic carbocycles. The molecule has 0 spiro atoms. The van der Waals surface area contributed by atoms with E-state index in [1.165, 1.54) is 0 Å². The second kappa shape index (κ2) is 5.46. The van der Waals surface area contributed by atoms with E-state index in [4.69, 9.17) is 15.9 Å². The van der Waals surface area contributed by atoms with Crippen LogP contribution in [0.5, 0.6) is 11.8 Å². The molecule has 0 saturated heterocycles. The molecule has 3 rings (SSSR count). The van der Waals surface area contributed by atoms with Gasteiger partial charge >= 0.3 is 6.01 Å². The van der Waals surface area contributed by atoms with E-state index in [1.54, 1.807) is 35.3 Å². The van der Waals surface area contributed by atoms with Gasteiger partial charge in [-0.1, -0.05) is 18.2 Å². The third-order valence-corrected chi connectivity index (χ3v) is 2.87. The minimum Gasteiger partial charge on any atom is -0.423 e. The van der Waals surface area contributed by atoms with Crippen LogP contribution < -0.4 is 10.5 Å². The van der Waals surface area contributed by atoms with Crippen molar-refractivity contribution in [3.8, 4) is 17.4 Å². The van der Waals surface area contributed by atoms with E-state index in [0.717, 1.165) is 5.69 Å². The van der Waals surface area contributed by atoms with Crippen LogP contribution in [0.1, 0.15) is 5.56 Å². The third-order valence-electron chi connectivity index (χ3n) is 2.87. The van der Waals surface area contributed by atoms with E-state index in [9.17, 15) is 0 Å². The van der Waals surface area contributed by atoms with E-state index < -0.39 is 0 Å². The largest absolute Gasteiger partial charge is 0.423 e. The van der Waals surface area contributed by atoms with Crippen molar-refractivity contribution in [1.82, 2.24) is 14.8 Å². The Morgan fingerprint density at radius 1 is 1.05 bits per heavy atom. The monoisotopic (exact) mass is 279 g/mol. The van der Waals surface area contributed by atoms with Gasteiger partial charge in [0.15, 0.2) is 0 Å².